The predicted octanol–water partition coefficient (Wildman–Crippen LogP) is 3.23. The molecule has 0 radical (unpaired) electrons. The largest absolute Gasteiger partial charge is 0.483 e. The fourth-order valence-electron chi connectivity index (χ4n) is 4.54. The SMILES string of the molecule is Cc1ccc(CN(C)C2C[C@H]3CC(N(C)C)C[C@H]3C2)c(F)c1F.O=CO.O=CO. The van der Waals surface area contributed by atoms with Crippen LogP contribution >= 0.6 is 0 Å². The zero-order valence-corrected chi connectivity index (χ0v) is 17.5. The standard InChI is InChI=1S/C19H28F2N2.2CH2O2/c1-12-5-6-13(19(21)18(12)20)11-23(4)17-9-14-7-16(22(2)3)8-15(14)10-17;2*2-1-3/h5-6,14-17H,7-11H2,1-4H3;2*1H,(H,2,3)/t14-,15+,16?,17?;;. The number of halogens is 2. The number of benzene rings is 1. The van der Waals surface area contributed by atoms with Gasteiger partial charge < -0.3 is 15.1 Å². The number of aryl methyl sites for hydroxylation is 1. The molecule has 0 aromatic heterocycles. The lowest BCUT2D eigenvalue weighted by molar-refractivity contribution is -0.123. The summed E-state index contributed by atoms with van der Waals surface area (Å²) in [5.74, 6) is 0.222. The average molecular weight is 414 g/mol. The minimum atomic E-state index is -0.701. The molecule has 6 nitrogen and oxygen atoms in total. The lowest BCUT2D eigenvalue weighted by Crippen LogP contribution is -2.31. The van der Waals surface area contributed by atoms with E-state index >= 15 is 0 Å². The summed E-state index contributed by atoms with van der Waals surface area (Å²) in [6, 6.07) is 4.62. The van der Waals surface area contributed by atoms with Gasteiger partial charge in [0, 0.05) is 24.2 Å². The molecular weight excluding hydrogens is 382 g/mol. The van der Waals surface area contributed by atoms with Crippen molar-refractivity contribution < 1.29 is 28.6 Å². The van der Waals surface area contributed by atoms with E-state index in [0.29, 0.717) is 23.7 Å². The maximum absolute atomic E-state index is 14.1. The Balaban J connectivity index is 0.000000626. The van der Waals surface area contributed by atoms with Crippen molar-refractivity contribution in [1.29, 1.82) is 0 Å². The molecule has 0 amide bonds. The van der Waals surface area contributed by atoms with Crippen LogP contribution in [0.5, 0.6) is 0 Å². The third-order valence-corrected chi connectivity index (χ3v) is 6.09. The second-order valence-electron chi connectivity index (χ2n) is 8.03. The van der Waals surface area contributed by atoms with Gasteiger partial charge in [-0.2, -0.15) is 0 Å². The van der Waals surface area contributed by atoms with Crippen LogP contribution in [0.1, 0.15) is 36.8 Å². The summed E-state index contributed by atoms with van der Waals surface area (Å²) in [7, 11) is 6.39. The van der Waals surface area contributed by atoms with E-state index in [-0.39, 0.29) is 12.9 Å². The second-order valence-corrected chi connectivity index (χ2v) is 8.03. The van der Waals surface area contributed by atoms with E-state index in [2.05, 4.69) is 23.9 Å². The molecule has 2 aliphatic rings. The van der Waals surface area contributed by atoms with E-state index in [9.17, 15) is 8.78 Å². The molecule has 8 heteroatoms. The first kappa shape index (κ1) is 25.0. The Kier molecular flexibility index (Phi) is 10.2. The van der Waals surface area contributed by atoms with Crippen LogP contribution in [0.3, 0.4) is 0 Å². The zero-order valence-electron chi connectivity index (χ0n) is 17.5. The van der Waals surface area contributed by atoms with E-state index in [0.717, 1.165) is 17.9 Å². The number of carbonyl (C=O) groups is 2. The molecule has 2 unspecified atom stereocenters. The summed E-state index contributed by atoms with van der Waals surface area (Å²) >= 11 is 0. The molecule has 164 valence electrons. The second kappa shape index (κ2) is 11.8. The molecule has 29 heavy (non-hydrogen) atoms. The van der Waals surface area contributed by atoms with Crippen molar-refractivity contribution in [3.8, 4) is 0 Å². The Morgan fingerprint density at radius 3 is 1.83 bits per heavy atom. The minimum absolute atomic E-state index is 0.250. The van der Waals surface area contributed by atoms with E-state index in [1.807, 2.05) is 7.05 Å². The van der Waals surface area contributed by atoms with Gasteiger partial charge in [-0.05, 0) is 71.1 Å². The summed E-state index contributed by atoms with van der Waals surface area (Å²) in [4.78, 5) is 21.3. The van der Waals surface area contributed by atoms with Crippen LogP contribution in [0.25, 0.3) is 0 Å². The molecule has 1 aromatic rings. The Morgan fingerprint density at radius 2 is 1.38 bits per heavy atom. The first-order valence-corrected chi connectivity index (χ1v) is 9.65. The Bertz CT molecular complexity index is 652. The lowest BCUT2D eigenvalue weighted by Gasteiger charge is -2.27. The summed E-state index contributed by atoms with van der Waals surface area (Å²) in [5.41, 5.74) is 0.845. The molecular formula is C21H32F2N2O4. The highest BCUT2D eigenvalue weighted by molar-refractivity contribution is 5.33. The molecule has 1 aromatic carbocycles. The molecule has 0 bridgehead atoms. The molecule has 2 N–H and O–H groups in total. The monoisotopic (exact) mass is 414 g/mol. The van der Waals surface area contributed by atoms with Crippen LogP contribution in [0.15, 0.2) is 12.1 Å². The van der Waals surface area contributed by atoms with E-state index in [4.69, 9.17) is 19.8 Å². The van der Waals surface area contributed by atoms with Gasteiger partial charge in [-0.25, -0.2) is 8.78 Å². The van der Waals surface area contributed by atoms with Crippen molar-refractivity contribution in [3.63, 3.8) is 0 Å². The van der Waals surface area contributed by atoms with Crippen molar-refractivity contribution in [2.24, 2.45) is 11.8 Å². The lowest BCUT2D eigenvalue weighted by atomic mass is 10.0. The topological polar surface area (TPSA) is 81.1 Å². The maximum atomic E-state index is 14.1. The van der Waals surface area contributed by atoms with Crippen LogP contribution in [-0.4, -0.2) is 66.2 Å². The Labute approximate surface area is 171 Å². The number of hydrogen-bond donors (Lipinski definition) is 2. The molecule has 2 saturated carbocycles. The fourth-order valence-corrected chi connectivity index (χ4v) is 4.54. The van der Waals surface area contributed by atoms with Gasteiger partial charge in [-0.1, -0.05) is 12.1 Å². The predicted molar refractivity (Wildman–Crippen MR) is 107 cm³/mol. The summed E-state index contributed by atoms with van der Waals surface area (Å²) in [5, 5.41) is 13.8. The molecule has 0 heterocycles. The van der Waals surface area contributed by atoms with Gasteiger partial charge in [0.2, 0.25) is 0 Å². The molecule has 2 aliphatic carbocycles. The van der Waals surface area contributed by atoms with Crippen molar-refractivity contribution >= 4 is 12.9 Å². The highest BCUT2D eigenvalue weighted by Gasteiger charge is 2.43. The summed E-state index contributed by atoms with van der Waals surface area (Å²) in [6.07, 6.45) is 4.97. The van der Waals surface area contributed by atoms with Gasteiger partial charge in [0.25, 0.3) is 12.9 Å². The first-order chi connectivity index (χ1) is 13.7. The van der Waals surface area contributed by atoms with E-state index in [1.165, 1.54) is 25.7 Å². The highest BCUT2D eigenvalue weighted by atomic mass is 19.2. The third kappa shape index (κ3) is 6.75. The van der Waals surface area contributed by atoms with Crippen LogP contribution in [0.2, 0.25) is 0 Å². The van der Waals surface area contributed by atoms with Crippen LogP contribution in [0, 0.1) is 30.4 Å². The van der Waals surface area contributed by atoms with E-state index in [1.54, 1.807) is 19.1 Å². The van der Waals surface area contributed by atoms with Gasteiger partial charge >= 0.3 is 0 Å². The van der Waals surface area contributed by atoms with Gasteiger partial charge in [0.05, 0.1) is 0 Å². The number of nitrogens with zero attached hydrogens (tertiary/aromatic N) is 2. The van der Waals surface area contributed by atoms with E-state index < -0.39 is 11.6 Å². The van der Waals surface area contributed by atoms with Crippen molar-refractivity contribution in [2.45, 2.75) is 51.2 Å². The number of carboxylic acid groups (broad SMARTS) is 2. The van der Waals surface area contributed by atoms with Gasteiger partial charge in [-0.3, -0.25) is 14.5 Å². The Hall–Kier alpha value is -2.06. The quantitative estimate of drug-likeness (QED) is 0.737. The van der Waals surface area contributed by atoms with Crippen LogP contribution < -0.4 is 0 Å². The van der Waals surface area contributed by atoms with Gasteiger partial charge in [-0.15, -0.1) is 0 Å². The summed E-state index contributed by atoms with van der Waals surface area (Å²) in [6.45, 7) is 1.59. The van der Waals surface area contributed by atoms with Gasteiger partial charge in [0.15, 0.2) is 11.6 Å². The molecule has 0 spiro atoms. The molecule has 3 rings (SSSR count). The smallest absolute Gasteiger partial charge is 0.290 e. The first-order valence-electron chi connectivity index (χ1n) is 9.65. The molecule has 2 fully saturated rings. The molecule has 0 saturated heterocycles. The highest BCUT2D eigenvalue weighted by Crippen LogP contribution is 2.46. The maximum Gasteiger partial charge on any atom is 0.290 e. The fraction of sp³-hybridized carbons (Fsp3) is 0.619. The normalized spacial score (nSPS) is 25.0. The number of rotatable bonds is 4. The summed E-state index contributed by atoms with van der Waals surface area (Å²) < 4.78 is 27.8. The van der Waals surface area contributed by atoms with Gasteiger partial charge in [0.1, 0.15) is 0 Å². The van der Waals surface area contributed by atoms with Crippen molar-refractivity contribution in [2.75, 3.05) is 21.1 Å². The molecule has 4 atom stereocenters. The van der Waals surface area contributed by atoms with Crippen LogP contribution in [0.4, 0.5) is 8.78 Å². The van der Waals surface area contributed by atoms with Crippen LogP contribution in [-0.2, 0) is 16.1 Å². The zero-order chi connectivity index (χ0) is 22.1. The Morgan fingerprint density at radius 1 is 0.931 bits per heavy atom. The third-order valence-electron chi connectivity index (χ3n) is 6.09. The van der Waals surface area contributed by atoms with Crippen molar-refractivity contribution in [1.82, 2.24) is 9.80 Å². The van der Waals surface area contributed by atoms with Crippen molar-refractivity contribution in [3.05, 3.63) is 34.9 Å². The number of fused-ring (bicyclic) bond motifs is 1. The molecule has 0 aliphatic heterocycles. The minimum Gasteiger partial charge on any atom is -0.483 e. The average Bonchev–Trinajstić information content (AvgIpc) is 3.23. The number of hydrogen-bond acceptors (Lipinski definition) is 4.